The predicted molar refractivity (Wildman–Crippen MR) is 113 cm³/mol. The Hall–Kier alpha value is -3.77. The van der Waals surface area contributed by atoms with Gasteiger partial charge < -0.3 is 9.47 Å². The van der Waals surface area contributed by atoms with Gasteiger partial charge in [0.1, 0.15) is 17.0 Å². The number of fused-ring (bicyclic) bond motifs is 1. The molecule has 0 spiro atoms. The van der Waals surface area contributed by atoms with Crippen LogP contribution in [0.4, 0.5) is 0 Å². The van der Waals surface area contributed by atoms with E-state index < -0.39 is 11.9 Å². The Kier molecular flexibility index (Phi) is 4.45. The van der Waals surface area contributed by atoms with Crippen LogP contribution >= 0.6 is 11.3 Å². The first-order valence-corrected chi connectivity index (χ1v) is 10.6. The third kappa shape index (κ3) is 3.12. The van der Waals surface area contributed by atoms with E-state index in [0.29, 0.717) is 23.4 Å². The number of thiophene rings is 1. The summed E-state index contributed by atoms with van der Waals surface area (Å²) in [7, 11) is 1.90. The van der Waals surface area contributed by atoms with Crippen LogP contribution < -0.4 is 5.32 Å². The molecule has 8 nitrogen and oxygen atoms in total. The monoisotopic (exact) mass is 431 g/mol. The topological polar surface area (TPSA) is 108 Å². The number of imide groups is 1. The fourth-order valence-electron chi connectivity index (χ4n) is 4.18. The smallest absolute Gasteiger partial charge is 0.255 e. The highest BCUT2D eigenvalue weighted by molar-refractivity contribution is 7.16. The number of aromatic nitrogens is 2. The second kappa shape index (κ2) is 7.18. The number of amides is 3. The van der Waals surface area contributed by atoms with Crippen molar-refractivity contribution in [3.05, 3.63) is 52.7 Å². The number of imidazole rings is 1. The first kappa shape index (κ1) is 19.2. The molecule has 31 heavy (non-hydrogen) atoms. The van der Waals surface area contributed by atoms with Crippen LogP contribution in [-0.4, -0.2) is 38.2 Å². The van der Waals surface area contributed by atoms with Gasteiger partial charge in [-0.3, -0.25) is 19.7 Å². The van der Waals surface area contributed by atoms with Crippen molar-refractivity contribution in [2.75, 3.05) is 0 Å². The number of benzene rings is 1. The average molecular weight is 431 g/mol. The SMILES string of the molecule is Cn1cnc(-c2ccc3c(c2)CN(C2CCC(=O)NC2=O)C3=O)c1-c1ccc(C#N)s1. The maximum Gasteiger partial charge on any atom is 0.255 e. The van der Waals surface area contributed by atoms with Gasteiger partial charge in [-0.15, -0.1) is 11.3 Å². The highest BCUT2D eigenvalue weighted by Crippen LogP contribution is 2.37. The van der Waals surface area contributed by atoms with Crippen molar-refractivity contribution in [1.82, 2.24) is 19.8 Å². The Labute approximate surface area is 181 Å². The second-order valence-corrected chi connectivity index (χ2v) is 8.68. The summed E-state index contributed by atoms with van der Waals surface area (Å²) in [6.07, 6.45) is 2.29. The maximum atomic E-state index is 12.9. The fraction of sp³-hybridized carbons (Fsp3) is 0.227. The summed E-state index contributed by atoms with van der Waals surface area (Å²) in [4.78, 5) is 44.3. The Morgan fingerprint density at radius 3 is 2.81 bits per heavy atom. The van der Waals surface area contributed by atoms with Gasteiger partial charge in [-0.1, -0.05) is 6.07 Å². The molecule has 0 saturated carbocycles. The lowest BCUT2D eigenvalue weighted by atomic mass is 10.0. The van der Waals surface area contributed by atoms with Crippen LogP contribution in [-0.2, 0) is 23.2 Å². The number of nitriles is 1. The standard InChI is InChI=1S/C22H17N5O3S/c1-26-11-24-19(20(26)17-6-3-14(9-23)31-17)12-2-4-15-13(8-12)10-27(22(15)30)16-5-7-18(28)25-21(16)29/h2-4,6,8,11,16H,5,7,10H2,1H3,(H,25,28,29). The van der Waals surface area contributed by atoms with Crippen LogP contribution in [0.5, 0.6) is 0 Å². The van der Waals surface area contributed by atoms with Crippen molar-refractivity contribution in [1.29, 1.82) is 5.26 Å². The van der Waals surface area contributed by atoms with Gasteiger partial charge in [0.25, 0.3) is 5.91 Å². The molecule has 4 heterocycles. The molecule has 1 N–H and O–H groups in total. The number of aryl methyl sites for hydroxylation is 1. The van der Waals surface area contributed by atoms with E-state index in [0.717, 1.165) is 27.4 Å². The number of nitrogens with one attached hydrogen (secondary N) is 1. The van der Waals surface area contributed by atoms with Crippen LogP contribution in [0.2, 0.25) is 0 Å². The van der Waals surface area contributed by atoms with E-state index in [4.69, 9.17) is 5.26 Å². The molecule has 0 radical (unpaired) electrons. The highest BCUT2D eigenvalue weighted by atomic mass is 32.1. The molecular formula is C22H17N5O3S. The molecule has 2 aliphatic heterocycles. The van der Waals surface area contributed by atoms with Gasteiger partial charge in [0.2, 0.25) is 11.8 Å². The summed E-state index contributed by atoms with van der Waals surface area (Å²) in [6.45, 7) is 0.314. The Morgan fingerprint density at radius 2 is 2.06 bits per heavy atom. The van der Waals surface area contributed by atoms with Crippen LogP contribution in [0.1, 0.15) is 33.6 Å². The molecule has 1 saturated heterocycles. The first-order chi connectivity index (χ1) is 15.0. The van der Waals surface area contributed by atoms with Crippen LogP contribution in [0.3, 0.4) is 0 Å². The van der Waals surface area contributed by atoms with Crippen molar-refractivity contribution < 1.29 is 14.4 Å². The van der Waals surface area contributed by atoms with Crippen LogP contribution in [0.15, 0.2) is 36.7 Å². The quantitative estimate of drug-likeness (QED) is 0.641. The molecule has 5 rings (SSSR count). The molecule has 9 heteroatoms. The van der Waals surface area contributed by atoms with Crippen molar-refractivity contribution in [2.24, 2.45) is 7.05 Å². The molecule has 2 aromatic heterocycles. The minimum Gasteiger partial charge on any atom is -0.333 e. The normalized spacial score (nSPS) is 18.1. The molecular weight excluding hydrogens is 414 g/mol. The number of hydrogen-bond donors (Lipinski definition) is 1. The maximum absolute atomic E-state index is 12.9. The zero-order valence-electron chi connectivity index (χ0n) is 16.6. The lowest BCUT2D eigenvalue weighted by Crippen LogP contribution is -2.52. The molecule has 0 bridgehead atoms. The largest absolute Gasteiger partial charge is 0.333 e. The van der Waals surface area contributed by atoms with E-state index in [1.54, 1.807) is 18.5 Å². The molecule has 0 aliphatic carbocycles. The lowest BCUT2D eigenvalue weighted by Gasteiger charge is -2.29. The van der Waals surface area contributed by atoms with Gasteiger partial charge in [-0.2, -0.15) is 5.26 Å². The molecule has 1 unspecified atom stereocenters. The Morgan fingerprint density at radius 1 is 1.23 bits per heavy atom. The third-order valence-corrected chi connectivity index (χ3v) is 6.68. The number of carbonyl (C=O) groups excluding carboxylic acids is 3. The van der Waals surface area contributed by atoms with Gasteiger partial charge >= 0.3 is 0 Å². The summed E-state index contributed by atoms with van der Waals surface area (Å²) < 4.78 is 1.91. The Balaban J connectivity index is 1.49. The van der Waals surface area contributed by atoms with E-state index in [-0.39, 0.29) is 18.2 Å². The average Bonchev–Trinajstić information content (AvgIpc) is 3.45. The molecule has 154 valence electrons. The highest BCUT2D eigenvalue weighted by Gasteiger charge is 2.39. The fourth-order valence-corrected chi connectivity index (χ4v) is 5.07. The minimum absolute atomic E-state index is 0.200. The zero-order chi connectivity index (χ0) is 21.7. The first-order valence-electron chi connectivity index (χ1n) is 9.76. The number of carbonyl (C=O) groups is 3. The van der Waals surface area contributed by atoms with E-state index in [1.807, 2.05) is 29.8 Å². The van der Waals surface area contributed by atoms with Crippen LogP contribution in [0.25, 0.3) is 21.8 Å². The molecule has 3 amide bonds. The molecule has 1 fully saturated rings. The lowest BCUT2D eigenvalue weighted by molar-refractivity contribution is -0.136. The van der Waals surface area contributed by atoms with E-state index in [9.17, 15) is 14.4 Å². The van der Waals surface area contributed by atoms with Gasteiger partial charge in [0.05, 0.1) is 22.6 Å². The molecule has 3 aromatic rings. The summed E-state index contributed by atoms with van der Waals surface area (Å²) in [6, 6.07) is 10.8. The molecule has 2 aliphatic rings. The third-order valence-electron chi connectivity index (χ3n) is 5.68. The van der Waals surface area contributed by atoms with Crippen molar-refractivity contribution in [3.63, 3.8) is 0 Å². The summed E-state index contributed by atoms with van der Waals surface area (Å²) in [5.74, 6) is -0.923. The summed E-state index contributed by atoms with van der Waals surface area (Å²) in [5.41, 5.74) is 3.92. The zero-order valence-corrected chi connectivity index (χ0v) is 17.4. The molecule has 1 atom stereocenters. The number of nitrogens with zero attached hydrogens (tertiary/aromatic N) is 4. The van der Waals surface area contributed by atoms with E-state index in [1.165, 1.54) is 16.2 Å². The van der Waals surface area contributed by atoms with Gasteiger partial charge in [-0.25, -0.2) is 4.98 Å². The summed E-state index contributed by atoms with van der Waals surface area (Å²) >= 11 is 1.40. The second-order valence-electron chi connectivity index (χ2n) is 7.60. The van der Waals surface area contributed by atoms with Crippen molar-refractivity contribution in [3.8, 4) is 27.9 Å². The summed E-state index contributed by atoms with van der Waals surface area (Å²) in [5, 5.41) is 11.5. The van der Waals surface area contributed by atoms with Gasteiger partial charge in [0, 0.05) is 31.1 Å². The number of rotatable bonds is 3. The number of hydrogen-bond acceptors (Lipinski definition) is 6. The van der Waals surface area contributed by atoms with E-state index >= 15 is 0 Å². The van der Waals surface area contributed by atoms with Crippen molar-refractivity contribution >= 4 is 29.1 Å². The van der Waals surface area contributed by atoms with Crippen molar-refractivity contribution in [2.45, 2.75) is 25.4 Å². The predicted octanol–water partition coefficient (Wildman–Crippen LogP) is 2.45. The van der Waals surface area contributed by atoms with E-state index in [2.05, 4.69) is 16.4 Å². The van der Waals surface area contributed by atoms with Gasteiger partial charge in [0.15, 0.2) is 0 Å². The number of piperidine rings is 1. The Bertz CT molecular complexity index is 1300. The van der Waals surface area contributed by atoms with Gasteiger partial charge in [-0.05, 0) is 36.2 Å². The molecule has 1 aromatic carbocycles. The van der Waals surface area contributed by atoms with Crippen LogP contribution in [0, 0.1) is 11.3 Å². The minimum atomic E-state index is -0.637.